The zero-order chi connectivity index (χ0) is 19.6. The molecule has 0 saturated heterocycles. The van der Waals surface area contributed by atoms with Crippen LogP contribution in [-0.4, -0.2) is 30.8 Å². The molecule has 3 rings (SSSR count). The summed E-state index contributed by atoms with van der Waals surface area (Å²) in [7, 11) is -3.23. The van der Waals surface area contributed by atoms with Crippen LogP contribution < -0.4 is 5.32 Å². The zero-order valence-corrected chi connectivity index (χ0v) is 16.0. The van der Waals surface area contributed by atoms with Crippen LogP contribution in [0.3, 0.4) is 0 Å². The van der Waals surface area contributed by atoms with Crippen molar-refractivity contribution in [2.75, 3.05) is 11.6 Å². The minimum atomic E-state index is -3.23. The summed E-state index contributed by atoms with van der Waals surface area (Å²) in [5.74, 6) is -0.00163. The van der Waals surface area contributed by atoms with Crippen molar-refractivity contribution in [1.29, 1.82) is 0 Å². The van der Waals surface area contributed by atoms with Gasteiger partial charge in [-0.15, -0.1) is 5.10 Å². The predicted molar refractivity (Wildman–Crippen MR) is 101 cm³/mol. The fourth-order valence-electron chi connectivity index (χ4n) is 2.64. The quantitative estimate of drug-likeness (QED) is 0.724. The summed E-state index contributed by atoms with van der Waals surface area (Å²) in [6.07, 6.45) is 1.49. The number of carbonyl (C=O) groups excluding carboxylic acids is 1. The van der Waals surface area contributed by atoms with Gasteiger partial charge in [-0.2, -0.15) is 0 Å². The van der Waals surface area contributed by atoms with Crippen LogP contribution in [0, 0.1) is 13.8 Å². The monoisotopic (exact) mass is 385 g/mol. The number of nitrogens with zero attached hydrogens (tertiary/aromatic N) is 2. The van der Waals surface area contributed by atoms with Crippen molar-refractivity contribution in [2.24, 2.45) is 0 Å². The van der Waals surface area contributed by atoms with Crippen LogP contribution in [0.15, 0.2) is 51.8 Å². The van der Waals surface area contributed by atoms with Gasteiger partial charge in [0.05, 0.1) is 11.3 Å². The van der Waals surface area contributed by atoms with E-state index < -0.39 is 9.84 Å². The molecule has 0 radical (unpaired) electrons. The molecular formula is C19H19N3O4S. The molecule has 1 N–H and O–H groups in total. The molecule has 2 aromatic carbocycles. The molecule has 0 fully saturated rings. The maximum atomic E-state index is 12.3. The Kier molecular flexibility index (Phi) is 5.09. The first-order chi connectivity index (χ1) is 12.7. The van der Waals surface area contributed by atoms with E-state index in [0.717, 1.165) is 22.9 Å². The lowest BCUT2D eigenvalue weighted by Crippen LogP contribution is -2.13. The molecule has 0 unspecified atom stereocenters. The summed E-state index contributed by atoms with van der Waals surface area (Å²) in [5.41, 5.74) is 3.29. The standard InChI is InChI=1S/C19H19N3O4S/c1-12-4-9-16(13(2)10-12)18(23)20-19-22-21-17(26-19)11-14-5-7-15(8-6-14)27(3,24)25/h4-10H,11H2,1-3H3,(H,20,22,23). The number of carbonyl (C=O) groups is 1. The maximum absolute atomic E-state index is 12.3. The number of nitrogens with one attached hydrogen (secondary N) is 1. The number of anilines is 1. The number of rotatable bonds is 5. The first-order valence-corrected chi connectivity index (χ1v) is 10.1. The Balaban J connectivity index is 1.68. The van der Waals surface area contributed by atoms with Gasteiger partial charge < -0.3 is 4.42 Å². The molecule has 0 aliphatic carbocycles. The first kappa shape index (κ1) is 18.8. The van der Waals surface area contributed by atoms with E-state index in [9.17, 15) is 13.2 Å². The van der Waals surface area contributed by atoms with Gasteiger partial charge in [0.25, 0.3) is 5.91 Å². The van der Waals surface area contributed by atoms with Gasteiger partial charge in [-0.25, -0.2) is 8.42 Å². The van der Waals surface area contributed by atoms with E-state index in [2.05, 4.69) is 15.5 Å². The molecule has 1 heterocycles. The Hall–Kier alpha value is -3.00. The van der Waals surface area contributed by atoms with Gasteiger partial charge in [0.1, 0.15) is 0 Å². The molecule has 0 atom stereocenters. The largest absolute Gasteiger partial charge is 0.407 e. The van der Waals surface area contributed by atoms with Crippen molar-refractivity contribution in [2.45, 2.75) is 25.2 Å². The molecular weight excluding hydrogens is 366 g/mol. The maximum Gasteiger partial charge on any atom is 0.322 e. The van der Waals surface area contributed by atoms with E-state index in [-0.39, 0.29) is 16.8 Å². The lowest BCUT2D eigenvalue weighted by atomic mass is 10.1. The van der Waals surface area contributed by atoms with E-state index in [0.29, 0.717) is 17.9 Å². The van der Waals surface area contributed by atoms with Crippen molar-refractivity contribution in [3.63, 3.8) is 0 Å². The van der Waals surface area contributed by atoms with Gasteiger partial charge in [0.2, 0.25) is 5.89 Å². The van der Waals surface area contributed by atoms with Crippen LogP contribution >= 0.6 is 0 Å². The molecule has 0 bridgehead atoms. The fraction of sp³-hybridized carbons (Fsp3) is 0.211. The Morgan fingerprint density at radius 1 is 1.07 bits per heavy atom. The molecule has 0 aliphatic rings. The van der Waals surface area contributed by atoms with Gasteiger partial charge >= 0.3 is 6.01 Å². The topological polar surface area (TPSA) is 102 Å². The van der Waals surface area contributed by atoms with E-state index in [1.807, 2.05) is 26.0 Å². The smallest absolute Gasteiger partial charge is 0.322 e. The van der Waals surface area contributed by atoms with Crippen molar-refractivity contribution in [1.82, 2.24) is 10.2 Å². The molecule has 0 saturated carbocycles. The van der Waals surface area contributed by atoms with Crippen LogP contribution in [0.4, 0.5) is 6.01 Å². The first-order valence-electron chi connectivity index (χ1n) is 8.22. The van der Waals surface area contributed by atoms with Crippen molar-refractivity contribution in [3.8, 4) is 0 Å². The fourth-order valence-corrected chi connectivity index (χ4v) is 3.27. The van der Waals surface area contributed by atoms with Crippen molar-refractivity contribution in [3.05, 3.63) is 70.6 Å². The summed E-state index contributed by atoms with van der Waals surface area (Å²) in [6, 6.07) is 12.0. The number of benzene rings is 2. The minimum Gasteiger partial charge on any atom is -0.407 e. The van der Waals surface area contributed by atoms with Gasteiger partial charge in [0.15, 0.2) is 9.84 Å². The van der Waals surface area contributed by atoms with Crippen molar-refractivity contribution < 1.29 is 17.6 Å². The third kappa shape index (κ3) is 4.59. The highest BCUT2D eigenvalue weighted by Crippen LogP contribution is 2.16. The lowest BCUT2D eigenvalue weighted by molar-refractivity contribution is 0.102. The predicted octanol–water partition coefficient (Wildman–Crippen LogP) is 2.93. The van der Waals surface area contributed by atoms with Crippen LogP contribution in [0.25, 0.3) is 0 Å². The Bertz CT molecular complexity index is 1090. The molecule has 1 aromatic heterocycles. The molecule has 27 heavy (non-hydrogen) atoms. The normalized spacial score (nSPS) is 11.4. The summed E-state index contributed by atoms with van der Waals surface area (Å²) < 4.78 is 28.4. The minimum absolute atomic E-state index is 0.0164. The highest BCUT2D eigenvalue weighted by atomic mass is 32.2. The van der Waals surface area contributed by atoms with Gasteiger partial charge in [-0.3, -0.25) is 10.1 Å². The Morgan fingerprint density at radius 2 is 1.78 bits per heavy atom. The molecule has 0 aliphatic heterocycles. The van der Waals surface area contributed by atoms with Crippen LogP contribution in [0.1, 0.15) is 32.9 Å². The summed E-state index contributed by atoms with van der Waals surface area (Å²) >= 11 is 0. The highest BCUT2D eigenvalue weighted by molar-refractivity contribution is 7.90. The second-order valence-electron chi connectivity index (χ2n) is 6.37. The average molecular weight is 385 g/mol. The molecule has 7 nitrogen and oxygen atoms in total. The van der Waals surface area contributed by atoms with Crippen LogP contribution in [0.5, 0.6) is 0 Å². The number of aromatic nitrogens is 2. The summed E-state index contributed by atoms with van der Waals surface area (Å²) in [5, 5.41) is 10.3. The third-order valence-electron chi connectivity index (χ3n) is 4.02. The SMILES string of the molecule is Cc1ccc(C(=O)Nc2nnc(Cc3ccc(S(C)(=O)=O)cc3)o2)c(C)c1. The molecule has 140 valence electrons. The second kappa shape index (κ2) is 7.32. The van der Waals surface area contributed by atoms with Crippen LogP contribution in [-0.2, 0) is 16.3 Å². The van der Waals surface area contributed by atoms with Crippen LogP contribution in [0.2, 0.25) is 0 Å². The van der Waals surface area contributed by atoms with E-state index in [1.165, 1.54) is 12.1 Å². The van der Waals surface area contributed by atoms with E-state index in [4.69, 9.17) is 4.42 Å². The summed E-state index contributed by atoms with van der Waals surface area (Å²) in [4.78, 5) is 12.6. The number of sulfone groups is 1. The molecule has 0 spiro atoms. The lowest BCUT2D eigenvalue weighted by Gasteiger charge is -2.05. The van der Waals surface area contributed by atoms with Crippen molar-refractivity contribution >= 4 is 21.8 Å². The number of aryl methyl sites for hydroxylation is 2. The number of hydrogen-bond donors (Lipinski definition) is 1. The second-order valence-corrected chi connectivity index (χ2v) is 8.38. The summed E-state index contributed by atoms with van der Waals surface area (Å²) in [6.45, 7) is 3.82. The average Bonchev–Trinajstić information content (AvgIpc) is 3.01. The van der Waals surface area contributed by atoms with Gasteiger partial charge in [-0.1, -0.05) is 34.9 Å². The Labute approximate surface area is 157 Å². The molecule has 3 aromatic rings. The van der Waals surface area contributed by atoms with E-state index >= 15 is 0 Å². The van der Waals surface area contributed by atoms with Gasteiger partial charge in [0, 0.05) is 11.8 Å². The Morgan fingerprint density at radius 3 is 2.41 bits per heavy atom. The van der Waals surface area contributed by atoms with Gasteiger partial charge in [-0.05, 0) is 43.2 Å². The third-order valence-corrected chi connectivity index (χ3v) is 5.15. The number of amides is 1. The zero-order valence-electron chi connectivity index (χ0n) is 15.2. The highest BCUT2D eigenvalue weighted by Gasteiger charge is 2.14. The molecule has 8 heteroatoms. The molecule has 1 amide bonds. The number of hydrogen-bond acceptors (Lipinski definition) is 6. The van der Waals surface area contributed by atoms with E-state index in [1.54, 1.807) is 18.2 Å².